The summed E-state index contributed by atoms with van der Waals surface area (Å²) in [5.41, 5.74) is 3.69. The van der Waals surface area contributed by atoms with Crippen LogP contribution < -0.4 is 15.0 Å². The molecule has 1 aromatic heterocycles. The molecule has 4 aromatic rings. The first-order chi connectivity index (χ1) is 18.9. The molecule has 3 aromatic carbocycles. The molecular weight excluding hydrogens is 492 g/mol. The SMILES string of the molecule is COc1ccc2[nH]c3c(c2c1)CCN1C(=O)N(c2ccc(C(=O)NCCCc4ccccc4)cc2)C(=O)C31C. The highest BCUT2D eigenvalue weighted by molar-refractivity contribution is 6.23. The quantitative estimate of drug-likeness (QED) is 0.270. The van der Waals surface area contributed by atoms with Gasteiger partial charge in [-0.3, -0.25) is 9.59 Å². The van der Waals surface area contributed by atoms with Crippen LogP contribution in [0.2, 0.25) is 0 Å². The molecule has 0 bridgehead atoms. The number of ether oxygens (including phenoxy) is 1. The van der Waals surface area contributed by atoms with Crippen LogP contribution in [0.4, 0.5) is 10.5 Å². The minimum Gasteiger partial charge on any atom is -0.497 e. The molecule has 3 heterocycles. The number of aromatic nitrogens is 1. The third kappa shape index (κ3) is 4.03. The molecule has 2 N–H and O–H groups in total. The van der Waals surface area contributed by atoms with Crippen molar-refractivity contribution in [3.05, 3.63) is 95.2 Å². The van der Waals surface area contributed by atoms with E-state index in [-0.39, 0.29) is 17.8 Å². The molecule has 8 heteroatoms. The van der Waals surface area contributed by atoms with Crippen molar-refractivity contribution in [3.63, 3.8) is 0 Å². The van der Waals surface area contributed by atoms with Crippen molar-refractivity contribution in [3.8, 4) is 5.75 Å². The van der Waals surface area contributed by atoms with E-state index in [2.05, 4.69) is 22.4 Å². The number of carbonyl (C=O) groups is 3. The Labute approximate surface area is 226 Å². The lowest BCUT2D eigenvalue weighted by Gasteiger charge is -2.35. The van der Waals surface area contributed by atoms with Gasteiger partial charge in [0.1, 0.15) is 5.75 Å². The van der Waals surface area contributed by atoms with Gasteiger partial charge in [-0.2, -0.15) is 0 Å². The van der Waals surface area contributed by atoms with E-state index in [0.717, 1.165) is 40.8 Å². The first-order valence-corrected chi connectivity index (χ1v) is 13.2. The summed E-state index contributed by atoms with van der Waals surface area (Å²) in [6.45, 7) is 2.79. The number of imide groups is 1. The van der Waals surface area contributed by atoms with Crippen LogP contribution in [0.3, 0.4) is 0 Å². The van der Waals surface area contributed by atoms with Crippen molar-refractivity contribution in [2.24, 2.45) is 0 Å². The van der Waals surface area contributed by atoms with Crippen LogP contribution >= 0.6 is 0 Å². The standard InChI is InChI=1S/C31H30N4O4/c1-31-27-24(25-19-23(39-2)14-15-26(25)33-27)16-18-34(31)30(38)35(29(31)37)22-12-10-21(11-13-22)28(36)32-17-6-9-20-7-4-3-5-8-20/h3-5,7-8,10-15,19,33H,6,9,16-18H2,1-2H3,(H,32,36). The molecule has 39 heavy (non-hydrogen) atoms. The fourth-order valence-corrected chi connectivity index (χ4v) is 5.78. The molecule has 2 aliphatic rings. The fraction of sp³-hybridized carbons (Fsp3) is 0.258. The van der Waals surface area contributed by atoms with Crippen LogP contribution in [0, 0.1) is 0 Å². The number of H-pyrrole nitrogens is 1. The Hall–Kier alpha value is -4.59. The van der Waals surface area contributed by atoms with Crippen molar-refractivity contribution >= 4 is 34.4 Å². The molecule has 2 aliphatic heterocycles. The van der Waals surface area contributed by atoms with Gasteiger partial charge in [-0.05, 0) is 79.8 Å². The van der Waals surface area contributed by atoms with Gasteiger partial charge in [-0.1, -0.05) is 30.3 Å². The number of aromatic amines is 1. The molecule has 0 spiro atoms. The van der Waals surface area contributed by atoms with Gasteiger partial charge in [0, 0.05) is 29.6 Å². The van der Waals surface area contributed by atoms with Crippen molar-refractivity contribution in [2.75, 3.05) is 25.1 Å². The van der Waals surface area contributed by atoms with Gasteiger partial charge >= 0.3 is 6.03 Å². The van der Waals surface area contributed by atoms with E-state index >= 15 is 0 Å². The molecule has 4 amide bonds. The van der Waals surface area contributed by atoms with Crippen LogP contribution in [-0.2, 0) is 23.2 Å². The van der Waals surface area contributed by atoms with E-state index in [9.17, 15) is 14.4 Å². The lowest BCUT2D eigenvalue weighted by molar-refractivity contribution is -0.125. The number of amides is 4. The number of nitrogens with one attached hydrogen (secondary N) is 2. The number of hydrogen-bond donors (Lipinski definition) is 2. The number of methoxy groups -OCH3 is 1. The Morgan fingerprint density at radius 2 is 1.82 bits per heavy atom. The summed E-state index contributed by atoms with van der Waals surface area (Å²) in [5, 5.41) is 3.95. The minimum atomic E-state index is -1.15. The van der Waals surface area contributed by atoms with E-state index in [1.807, 2.05) is 36.4 Å². The number of aryl methyl sites for hydroxylation is 1. The van der Waals surface area contributed by atoms with Gasteiger partial charge in [0.25, 0.3) is 11.8 Å². The molecule has 0 saturated carbocycles. The molecule has 8 nitrogen and oxygen atoms in total. The zero-order chi connectivity index (χ0) is 27.1. The van der Waals surface area contributed by atoms with Crippen molar-refractivity contribution < 1.29 is 19.1 Å². The van der Waals surface area contributed by atoms with Gasteiger partial charge < -0.3 is 19.9 Å². The number of benzene rings is 3. The number of carbonyl (C=O) groups excluding carboxylic acids is 3. The maximum atomic E-state index is 13.9. The van der Waals surface area contributed by atoms with Crippen molar-refractivity contribution in [2.45, 2.75) is 31.7 Å². The Kier molecular flexibility index (Phi) is 6.10. The van der Waals surface area contributed by atoms with Crippen LogP contribution in [0.15, 0.2) is 72.8 Å². The predicted octanol–water partition coefficient (Wildman–Crippen LogP) is 4.78. The number of rotatable bonds is 7. The largest absolute Gasteiger partial charge is 0.497 e. The zero-order valence-corrected chi connectivity index (χ0v) is 22.0. The number of hydrogen-bond acceptors (Lipinski definition) is 4. The summed E-state index contributed by atoms with van der Waals surface area (Å²) in [5.74, 6) is 0.244. The van der Waals surface area contributed by atoms with Gasteiger partial charge in [0.2, 0.25) is 0 Å². The third-order valence-corrected chi connectivity index (χ3v) is 7.93. The lowest BCUT2D eigenvalue weighted by atomic mass is 9.87. The minimum absolute atomic E-state index is 0.184. The summed E-state index contributed by atoms with van der Waals surface area (Å²) >= 11 is 0. The van der Waals surface area contributed by atoms with Gasteiger partial charge in [0.05, 0.1) is 18.5 Å². The number of anilines is 1. The normalized spacial score (nSPS) is 18.3. The van der Waals surface area contributed by atoms with E-state index in [0.29, 0.717) is 30.8 Å². The summed E-state index contributed by atoms with van der Waals surface area (Å²) in [7, 11) is 1.63. The first-order valence-electron chi connectivity index (χ1n) is 13.2. The molecule has 1 saturated heterocycles. The van der Waals surface area contributed by atoms with Crippen LogP contribution in [-0.4, -0.2) is 47.9 Å². The molecular formula is C31H30N4O4. The Balaban J connectivity index is 1.19. The van der Waals surface area contributed by atoms with Gasteiger partial charge in [-0.15, -0.1) is 0 Å². The molecule has 1 fully saturated rings. The highest BCUT2D eigenvalue weighted by Gasteiger charge is 2.59. The number of nitrogens with zero attached hydrogens (tertiary/aromatic N) is 2. The van der Waals surface area contributed by atoms with E-state index < -0.39 is 5.54 Å². The first kappa shape index (κ1) is 24.7. The summed E-state index contributed by atoms with van der Waals surface area (Å²) in [6.07, 6.45) is 2.36. The van der Waals surface area contributed by atoms with E-state index in [1.54, 1.807) is 43.2 Å². The zero-order valence-electron chi connectivity index (χ0n) is 22.0. The topological polar surface area (TPSA) is 94.7 Å². The average Bonchev–Trinajstić information content (AvgIpc) is 3.44. The molecule has 0 radical (unpaired) electrons. The summed E-state index contributed by atoms with van der Waals surface area (Å²) in [6, 6.07) is 22.2. The molecule has 1 atom stereocenters. The van der Waals surface area contributed by atoms with E-state index in [4.69, 9.17) is 4.74 Å². The molecule has 0 aliphatic carbocycles. The number of urea groups is 1. The van der Waals surface area contributed by atoms with Gasteiger partial charge in [0.15, 0.2) is 5.54 Å². The number of fused-ring (bicyclic) bond motifs is 5. The van der Waals surface area contributed by atoms with Gasteiger partial charge in [-0.25, -0.2) is 9.69 Å². The van der Waals surface area contributed by atoms with Crippen LogP contribution in [0.1, 0.15) is 40.5 Å². The second kappa shape index (κ2) is 9.62. The summed E-state index contributed by atoms with van der Waals surface area (Å²) < 4.78 is 5.40. The predicted molar refractivity (Wildman–Crippen MR) is 149 cm³/mol. The highest BCUT2D eigenvalue weighted by atomic mass is 16.5. The third-order valence-electron chi connectivity index (χ3n) is 7.93. The second-order valence-electron chi connectivity index (χ2n) is 10.2. The maximum Gasteiger partial charge on any atom is 0.332 e. The molecule has 198 valence electrons. The molecule has 6 rings (SSSR count). The molecule has 1 unspecified atom stereocenters. The monoisotopic (exact) mass is 522 g/mol. The summed E-state index contributed by atoms with van der Waals surface area (Å²) in [4.78, 5) is 46.3. The highest BCUT2D eigenvalue weighted by Crippen LogP contribution is 2.45. The smallest absolute Gasteiger partial charge is 0.332 e. The lowest BCUT2D eigenvalue weighted by Crippen LogP contribution is -2.49. The average molecular weight is 523 g/mol. The van der Waals surface area contributed by atoms with Crippen molar-refractivity contribution in [1.82, 2.24) is 15.2 Å². The van der Waals surface area contributed by atoms with Crippen molar-refractivity contribution in [1.29, 1.82) is 0 Å². The van der Waals surface area contributed by atoms with E-state index in [1.165, 1.54) is 10.5 Å². The Morgan fingerprint density at radius 1 is 1.05 bits per heavy atom. The second-order valence-corrected chi connectivity index (χ2v) is 10.2. The van der Waals surface area contributed by atoms with Crippen LogP contribution in [0.25, 0.3) is 10.9 Å². The maximum absolute atomic E-state index is 13.9. The fourth-order valence-electron chi connectivity index (χ4n) is 5.78. The van der Waals surface area contributed by atoms with Crippen LogP contribution in [0.5, 0.6) is 5.75 Å². The Morgan fingerprint density at radius 3 is 2.56 bits per heavy atom. The Bertz CT molecular complexity index is 1580.